The average molecular weight is 410 g/mol. The maximum absolute atomic E-state index is 6.49. The predicted molar refractivity (Wildman–Crippen MR) is 122 cm³/mol. The van der Waals surface area contributed by atoms with Crippen LogP contribution in [0.25, 0.3) is 0 Å². The Bertz CT molecular complexity index is 416. The molecule has 3 atom stereocenters. The van der Waals surface area contributed by atoms with E-state index in [-0.39, 0.29) is 32.7 Å². The summed E-state index contributed by atoms with van der Waals surface area (Å²) in [5.74, 6) is 0. The van der Waals surface area contributed by atoms with Crippen LogP contribution in [-0.2, 0) is 13.6 Å². The van der Waals surface area contributed by atoms with Crippen molar-refractivity contribution in [1.82, 2.24) is 0 Å². The van der Waals surface area contributed by atoms with Crippen molar-refractivity contribution in [2.24, 2.45) is 0 Å². The normalized spacial score (nSPS) is 16.5. The minimum atomic E-state index is -0.265. The summed E-state index contributed by atoms with van der Waals surface area (Å²) in [5, 5.41) is 0.0764. The van der Waals surface area contributed by atoms with Crippen molar-refractivity contribution >= 4 is 34.3 Å². The van der Waals surface area contributed by atoms with E-state index >= 15 is 0 Å². The van der Waals surface area contributed by atoms with E-state index in [9.17, 15) is 0 Å². The van der Waals surface area contributed by atoms with Gasteiger partial charge in [0, 0.05) is 36.7 Å². The first kappa shape index (κ1) is 26.2. The highest BCUT2D eigenvalue weighted by Gasteiger charge is 2.44. The summed E-state index contributed by atoms with van der Waals surface area (Å²) in [5.41, 5.74) is -0.507. The van der Waals surface area contributed by atoms with Gasteiger partial charge in [-0.15, -0.1) is 0 Å². The van der Waals surface area contributed by atoms with Crippen LogP contribution in [0.1, 0.15) is 83.1 Å². The molecular weight excluding hydrogens is 368 g/mol. The molecule has 3 unspecified atom stereocenters. The van der Waals surface area contributed by atoms with E-state index in [2.05, 4.69) is 90.9 Å². The number of rotatable bonds is 11. The minimum absolute atomic E-state index is 0.0431. The van der Waals surface area contributed by atoms with Crippen LogP contribution in [-0.4, -0.2) is 40.5 Å². The van der Waals surface area contributed by atoms with Crippen molar-refractivity contribution in [3.63, 3.8) is 0 Å². The molecule has 0 spiro atoms. The molecule has 0 aromatic carbocycles. The summed E-state index contributed by atoms with van der Waals surface area (Å²) in [6.07, 6.45) is 0.248. The van der Waals surface area contributed by atoms with Crippen LogP contribution in [0.5, 0.6) is 0 Å². The molecule has 25 heavy (non-hydrogen) atoms. The molecule has 0 aliphatic carbocycles. The third-order valence-electron chi connectivity index (χ3n) is 4.73. The lowest BCUT2D eigenvalue weighted by Gasteiger charge is -2.46. The van der Waals surface area contributed by atoms with E-state index < -0.39 is 0 Å². The summed E-state index contributed by atoms with van der Waals surface area (Å²) in [7, 11) is 3.46. The van der Waals surface area contributed by atoms with Gasteiger partial charge in [-0.3, -0.25) is 0 Å². The Morgan fingerprint density at radius 1 is 0.640 bits per heavy atom. The van der Waals surface area contributed by atoms with Gasteiger partial charge in [0.2, 0.25) is 0 Å². The Morgan fingerprint density at radius 3 is 1.36 bits per heavy atom. The van der Waals surface area contributed by atoms with Crippen molar-refractivity contribution in [2.75, 3.05) is 0 Å². The molecule has 0 amide bonds. The fraction of sp³-hybridized carbons (Fsp3) is 1.00. The second-order valence-electron chi connectivity index (χ2n) is 10.2. The first-order chi connectivity index (χ1) is 10.8. The van der Waals surface area contributed by atoms with Gasteiger partial charge in [0.1, 0.15) is 7.85 Å². The van der Waals surface area contributed by atoms with E-state index in [1.165, 1.54) is 0 Å². The Morgan fingerprint density at radius 2 is 1.00 bits per heavy atom. The molecule has 0 aliphatic rings. The molecule has 0 saturated carbocycles. The van der Waals surface area contributed by atoms with Crippen LogP contribution in [0.3, 0.4) is 0 Å². The highest BCUT2D eigenvalue weighted by molar-refractivity contribution is 7.37. The van der Waals surface area contributed by atoms with Crippen molar-refractivity contribution in [3.8, 4) is 0 Å². The standard InChI is InChI=1S/C18H42BO3P3/c1-13(2)20-23-16(7,8)14(3,4)21-24-17(9,10)15(5,6)22-25-18(11,12)19/h13,23-25H,19H2,1-12H3. The number of hydrogen-bond donors (Lipinski definition) is 0. The third kappa shape index (κ3) is 8.85. The maximum atomic E-state index is 6.49. The Hall–Kier alpha value is 1.23. The van der Waals surface area contributed by atoms with Gasteiger partial charge < -0.3 is 13.6 Å². The Kier molecular flexibility index (Phi) is 9.61. The topological polar surface area (TPSA) is 27.7 Å². The summed E-state index contributed by atoms with van der Waals surface area (Å²) >= 11 is 0. The molecule has 3 nitrogen and oxygen atoms in total. The van der Waals surface area contributed by atoms with Gasteiger partial charge in [0.05, 0.1) is 17.3 Å². The molecule has 0 fully saturated rings. The zero-order valence-corrected chi connectivity index (χ0v) is 21.8. The van der Waals surface area contributed by atoms with Crippen LogP contribution in [0.4, 0.5) is 0 Å². The van der Waals surface area contributed by atoms with Gasteiger partial charge in [-0.25, -0.2) is 0 Å². The first-order valence-electron chi connectivity index (χ1n) is 9.16. The number of hydrogen-bond acceptors (Lipinski definition) is 3. The van der Waals surface area contributed by atoms with E-state index in [1.807, 2.05) is 0 Å². The van der Waals surface area contributed by atoms with Crippen molar-refractivity contribution in [3.05, 3.63) is 0 Å². The van der Waals surface area contributed by atoms with E-state index in [0.717, 1.165) is 0 Å². The molecule has 0 saturated heterocycles. The Balaban J connectivity index is 4.93. The molecule has 7 heteroatoms. The smallest absolute Gasteiger partial charge is 0.116 e. The van der Waals surface area contributed by atoms with Gasteiger partial charge in [-0.2, -0.15) is 0 Å². The molecule has 0 heterocycles. The van der Waals surface area contributed by atoms with Gasteiger partial charge in [0.25, 0.3) is 0 Å². The van der Waals surface area contributed by atoms with Crippen LogP contribution < -0.4 is 0 Å². The maximum Gasteiger partial charge on any atom is 0.116 e. The van der Waals surface area contributed by atoms with Crippen LogP contribution in [0.2, 0.25) is 0 Å². The fourth-order valence-electron chi connectivity index (χ4n) is 1.30. The SMILES string of the molecule is BC(C)(C)POC(C)(C)C(C)(C)POC(C)(C)C(C)(C)POC(C)C. The zero-order valence-electron chi connectivity index (χ0n) is 18.8. The molecular formula is C18H42BO3P3. The van der Waals surface area contributed by atoms with Crippen LogP contribution in [0.15, 0.2) is 0 Å². The molecule has 0 aliphatic heterocycles. The molecule has 150 valence electrons. The molecule has 0 bridgehead atoms. The average Bonchev–Trinajstić information content (AvgIpc) is 2.40. The molecule has 0 N–H and O–H groups in total. The molecule has 0 rings (SSSR count). The fourth-order valence-corrected chi connectivity index (χ4v) is 4.21. The highest BCUT2D eigenvalue weighted by Crippen LogP contribution is 2.52. The lowest BCUT2D eigenvalue weighted by Crippen LogP contribution is -2.47. The van der Waals surface area contributed by atoms with Crippen LogP contribution >= 0.6 is 26.4 Å². The second kappa shape index (κ2) is 9.16. The molecule has 0 radical (unpaired) electrons. The van der Waals surface area contributed by atoms with Gasteiger partial charge in [-0.1, -0.05) is 41.5 Å². The zero-order chi connectivity index (χ0) is 20.3. The molecule has 0 aromatic rings. The summed E-state index contributed by atoms with van der Waals surface area (Å²) < 4.78 is 18.7. The Labute approximate surface area is 163 Å². The predicted octanol–water partition coefficient (Wildman–Crippen LogP) is 5.71. The molecule has 0 aromatic heterocycles. The lowest BCUT2D eigenvalue weighted by molar-refractivity contribution is 0.0609. The first-order valence-corrected chi connectivity index (χ1v) is 11.9. The van der Waals surface area contributed by atoms with Crippen molar-refractivity contribution in [2.45, 2.75) is 116 Å². The van der Waals surface area contributed by atoms with Crippen molar-refractivity contribution < 1.29 is 13.6 Å². The summed E-state index contributed by atoms with van der Waals surface area (Å²) in [6.45, 7) is 26.3. The summed E-state index contributed by atoms with van der Waals surface area (Å²) in [6, 6.07) is 0. The minimum Gasteiger partial charge on any atom is -0.359 e. The van der Waals surface area contributed by atoms with E-state index in [1.54, 1.807) is 0 Å². The third-order valence-corrected chi connectivity index (χ3v) is 9.38. The monoisotopic (exact) mass is 410 g/mol. The van der Waals surface area contributed by atoms with Crippen molar-refractivity contribution in [1.29, 1.82) is 0 Å². The largest absolute Gasteiger partial charge is 0.359 e. The van der Waals surface area contributed by atoms with Crippen LogP contribution in [0, 0.1) is 0 Å². The summed E-state index contributed by atoms with van der Waals surface area (Å²) in [4.78, 5) is 0. The van der Waals surface area contributed by atoms with Gasteiger partial charge >= 0.3 is 0 Å². The van der Waals surface area contributed by atoms with Gasteiger partial charge in [-0.05, 0) is 46.6 Å². The van der Waals surface area contributed by atoms with E-state index in [4.69, 9.17) is 13.6 Å². The van der Waals surface area contributed by atoms with E-state index in [0.29, 0.717) is 26.4 Å². The quantitative estimate of drug-likeness (QED) is 0.323. The highest BCUT2D eigenvalue weighted by atomic mass is 31.1. The van der Waals surface area contributed by atoms with Gasteiger partial charge in [0.15, 0.2) is 0 Å². The second-order valence-corrected chi connectivity index (χ2v) is 15.5. The lowest BCUT2D eigenvalue weighted by atomic mass is 9.91.